The lowest BCUT2D eigenvalue weighted by Gasteiger charge is -2.31. The first-order valence-electron chi connectivity index (χ1n) is 9.13. The molecule has 2 aromatic rings. The molecular weight excluding hydrogens is 386 g/mol. The van der Waals surface area contributed by atoms with Crippen LogP contribution in [0.2, 0.25) is 0 Å². The van der Waals surface area contributed by atoms with Gasteiger partial charge in [-0.05, 0) is 40.8 Å². The lowest BCUT2D eigenvalue weighted by atomic mass is 9.87. The molecule has 3 rings (SSSR count). The van der Waals surface area contributed by atoms with Crippen molar-refractivity contribution in [1.82, 2.24) is 4.90 Å². The number of benzene rings is 2. The second-order valence-corrected chi connectivity index (χ2v) is 8.61. The van der Waals surface area contributed by atoms with Crippen LogP contribution in [0.5, 0.6) is 0 Å². The van der Waals surface area contributed by atoms with Crippen molar-refractivity contribution in [2.75, 3.05) is 26.3 Å². The third-order valence-electron chi connectivity index (χ3n) is 4.70. The Morgan fingerprint density at radius 2 is 1.58 bits per heavy atom. The van der Waals surface area contributed by atoms with Crippen LogP contribution in [-0.2, 0) is 10.2 Å². The maximum atomic E-state index is 5.52. The van der Waals surface area contributed by atoms with E-state index in [4.69, 9.17) is 4.74 Å². The lowest BCUT2D eigenvalue weighted by molar-refractivity contribution is 0.0270. The Labute approximate surface area is 165 Å². The molecule has 26 heavy (non-hydrogen) atoms. The number of rotatable bonds is 2. The molecule has 0 bridgehead atoms. The number of halogens is 1. The van der Waals surface area contributed by atoms with E-state index in [0.29, 0.717) is 0 Å². The Morgan fingerprint density at radius 1 is 0.962 bits per heavy atom. The van der Waals surface area contributed by atoms with Gasteiger partial charge >= 0.3 is 0 Å². The normalized spacial score (nSPS) is 16.6. The van der Waals surface area contributed by atoms with Crippen LogP contribution in [0, 0.1) is 11.8 Å². The van der Waals surface area contributed by atoms with E-state index < -0.39 is 0 Å². The minimum Gasteiger partial charge on any atom is -0.379 e. The molecule has 0 radical (unpaired) electrons. The summed E-state index contributed by atoms with van der Waals surface area (Å²) in [6, 6.07) is 17.2. The Morgan fingerprint density at radius 3 is 2.15 bits per heavy atom. The highest BCUT2D eigenvalue weighted by Crippen LogP contribution is 2.24. The number of ether oxygens (including phenoxy) is 1. The molecule has 1 aliphatic rings. The SMILES string of the molecule is CC(C)(C)c1ccc(C#CC(c2ccc(Br)cc2)N2CCOCC2)cc1. The number of nitrogens with zero attached hydrogens (tertiary/aromatic N) is 1. The molecule has 0 N–H and O–H groups in total. The smallest absolute Gasteiger partial charge is 0.0976 e. The highest BCUT2D eigenvalue weighted by atomic mass is 79.9. The van der Waals surface area contributed by atoms with Crippen molar-refractivity contribution >= 4 is 15.9 Å². The first kappa shape index (κ1) is 19.2. The summed E-state index contributed by atoms with van der Waals surface area (Å²) in [4.78, 5) is 2.41. The zero-order chi connectivity index (χ0) is 18.6. The molecule has 0 aromatic heterocycles. The predicted octanol–water partition coefficient (Wildman–Crippen LogP) is 5.17. The van der Waals surface area contributed by atoms with Crippen LogP contribution in [0.1, 0.15) is 43.5 Å². The number of morpholine rings is 1. The number of hydrogen-bond acceptors (Lipinski definition) is 2. The van der Waals surface area contributed by atoms with Crippen molar-refractivity contribution < 1.29 is 4.74 Å². The van der Waals surface area contributed by atoms with Gasteiger partial charge in [0.15, 0.2) is 0 Å². The van der Waals surface area contributed by atoms with E-state index in [1.54, 1.807) is 0 Å². The van der Waals surface area contributed by atoms with E-state index in [0.717, 1.165) is 36.3 Å². The minimum atomic E-state index is 0.0919. The summed E-state index contributed by atoms with van der Waals surface area (Å²) in [7, 11) is 0. The van der Waals surface area contributed by atoms with Crippen molar-refractivity contribution in [1.29, 1.82) is 0 Å². The molecule has 0 spiro atoms. The highest BCUT2D eigenvalue weighted by Gasteiger charge is 2.21. The van der Waals surface area contributed by atoms with Crippen molar-refractivity contribution in [3.63, 3.8) is 0 Å². The summed E-state index contributed by atoms with van der Waals surface area (Å²) >= 11 is 3.52. The molecule has 1 fully saturated rings. The summed E-state index contributed by atoms with van der Waals surface area (Å²) in [6.07, 6.45) is 0. The third kappa shape index (κ3) is 4.98. The van der Waals surface area contributed by atoms with Gasteiger partial charge in [0.2, 0.25) is 0 Å². The van der Waals surface area contributed by atoms with E-state index >= 15 is 0 Å². The molecule has 0 amide bonds. The summed E-state index contributed by atoms with van der Waals surface area (Å²) in [5.74, 6) is 6.89. The monoisotopic (exact) mass is 411 g/mol. The second-order valence-electron chi connectivity index (χ2n) is 7.70. The van der Waals surface area contributed by atoms with E-state index in [9.17, 15) is 0 Å². The number of hydrogen-bond donors (Lipinski definition) is 0. The maximum Gasteiger partial charge on any atom is 0.0976 e. The van der Waals surface area contributed by atoms with Crippen molar-refractivity contribution in [2.45, 2.75) is 32.2 Å². The highest BCUT2D eigenvalue weighted by molar-refractivity contribution is 9.10. The van der Waals surface area contributed by atoms with Gasteiger partial charge in [0.1, 0.15) is 0 Å². The van der Waals surface area contributed by atoms with Gasteiger partial charge < -0.3 is 4.74 Å². The van der Waals surface area contributed by atoms with Crippen LogP contribution in [0.4, 0.5) is 0 Å². The fourth-order valence-corrected chi connectivity index (χ4v) is 3.34. The van der Waals surface area contributed by atoms with Gasteiger partial charge in [0.25, 0.3) is 0 Å². The fraction of sp³-hybridized carbons (Fsp3) is 0.391. The van der Waals surface area contributed by atoms with E-state index in [1.165, 1.54) is 11.1 Å². The average molecular weight is 412 g/mol. The summed E-state index contributed by atoms with van der Waals surface area (Å²) in [5, 5.41) is 0. The molecule has 1 heterocycles. The molecule has 1 unspecified atom stereocenters. The molecule has 3 heteroatoms. The topological polar surface area (TPSA) is 12.5 Å². The zero-order valence-electron chi connectivity index (χ0n) is 15.8. The zero-order valence-corrected chi connectivity index (χ0v) is 17.3. The first-order valence-corrected chi connectivity index (χ1v) is 9.92. The maximum absolute atomic E-state index is 5.52. The molecule has 2 aromatic carbocycles. The molecule has 1 aliphatic heterocycles. The predicted molar refractivity (Wildman–Crippen MR) is 111 cm³/mol. The molecule has 0 saturated carbocycles. The van der Waals surface area contributed by atoms with Gasteiger partial charge in [-0.1, -0.05) is 72.8 Å². The molecule has 136 valence electrons. The van der Waals surface area contributed by atoms with E-state index in [-0.39, 0.29) is 11.5 Å². The Kier molecular flexibility index (Phi) is 6.19. The third-order valence-corrected chi connectivity index (χ3v) is 5.23. The fourth-order valence-electron chi connectivity index (χ4n) is 3.07. The van der Waals surface area contributed by atoms with Gasteiger partial charge in [0, 0.05) is 23.1 Å². The average Bonchev–Trinajstić information content (AvgIpc) is 2.64. The summed E-state index contributed by atoms with van der Waals surface area (Å²) < 4.78 is 6.61. The van der Waals surface area contributed by atoms with Crippen LogP contribution in [0.3, 0.4) is 0 Å². The second kappa shape index (κ2) is 8.39. The van der Waals surface area contributed by atoms with E-state index in [2.05, 4.69) is 102 Å². The Hall–Kier alpha value is -1.60. The Balaban J connectivity index is 1.86. The van der Waals surface area contributed by atoms with Crippen molar-refractivity contribution in [3.05, 3.63) is 69.7 Å². The van der Waals surface area contributed by atoms with Crippen LogP contribution >= 0.6 is 15.9 Å². The van der Waals surface area contributed by atoms with Crippen LogP contribution in [0.25, 0.3) is 0 Å². The van der Waals surface area contributed by atoms with Gasteiger partial charge in [-0.2, -0.15) is 0 Å². The van der Waals surface area contributed by atoms with Gasteiger partial charge in [-0.25, -0.2) is 0 Å². The van der Waals surface area contributed by atoms with Crippen molar-refractivity contribution in [3.8, 4) is 11.8 Å². The standard InChI is InChI=1S/C23H26BrNO/c1-23(2,3)20-9-4-18(5-10-20)6-13-22(25-14-16-26-17-15-25)19-7-11-21(24)12-8-19/h4-5,7-12,22H,14-17H2,1-3H3. The quantitative estimate of drug-likeness (QED) is 0.631. The summed E-state index contributed by atoms with van der Waals surface area (Å²) in [5.41, 5.74) is 3.79. The van der Waals surface area contributed by atoms with Gasteiger partial charge in [0.05, 0.1) is 19.3 Å². The minimum absolute atomic E-state index is 0.0919. The van der Waals surface area contributed by atoms with Crippen molar-refractivity contribution in [2.24, 2.45) is 0 Å². The van der Waals surface area contributed by atoms with E-state index in [1.807, 2.05) is 0 Å². The summed E-state index contributed by atoms with van der Waals surface area (Å²) in [6.45, 7) is 10.1. The molecule has 2 nitrogen and oxygen atoms in total. The van der Waals surface area contributed by atoms with Crippen LogP contribution in [0.15, 0.2) is 53.0 Å². The van der Waals surface area contributed by atoms with Gasteiger partial charge in [-0.15, -0.1) is 0 Å². The van der Waals surface area contributed by atoms with Crippen LogP contribution in [-0.4, -0.2) is 31.2 Å². The first-order chi connectivity index (χ1) is 12.4. The Bertz CT molecular complexity index is 772. The molecule has 1 saturated heterocycles. The molecular formula is C23H26BrNO. The lowest BCUT2D eigenvalue weighted by Crippen LogP contribution is -2.38. The van der Waals surface area contributed by atoms with Crippen LogP contribution < -0.4 is 0 Å². The molecule has 1 atom stereocenters. The largest absolute Gasteiger partial charge is 0.379 e. The van der Waals surface area contributed by atoms with Gasteiger partial charge in [-0.3, -0.25) is 4.90 Å². The molecule has 0 aliphatic carbocycles.